The highest BCUT2D eigenvalue weighted by molar-refractivity contribution is 5.80. The minimum Gasteiger partial charge on any atom is -0.376 e. The van der Waals surface area contributed by atoms with Gasteiger partial charge in [-0.15, -0.1) is 0 Å². The fraction of sp³-hybridized carbons (Fsp3) is 0.533. The highest BCUT2D eigenvalue weighted by Gasteiger charge is 2.13. The van der Waals surface area contributed by atoms with Crippen LogP contribution in [0.25, 0.3) is 0 Å². The molecule has 0 aromatic heterocycles. The molecule has 0 unspecified atom stereocenters. The highest BCUT2D eigenvalue weighted by atomic mass is 19.1. The van der Waals surface area contributed by atoms with Crippen molar-refractivity contribution in [3.8, 4) is 0 Å². The Bertz CT molecular complexity index is 399. The molecular formula is C15H21FN2O. The lowest BCUT2D eigenvalue weighted by Crippen LogP contribution is -2.34. The van der Waals surface area contributed by atoms with Gasteiger partial charge in [-0.3, -0.25) is 4.79 Å². The maximum Gasteiger partial charge on any atom is 0.239 e. The van der Waals surface area contributed by atoms with Gasteiger partial charge in [0.15, 0.2) is 0 Å². The molecule has 0 bridgehead atoms. The second-order valence-corrected chi connectivity index (χ2v) is 5.17. The predicted octanol–water partition coefficient (Wildman–Crippen LogP) is 2.93. The van der Waals surface area contributed by atoms with Crippen LogP contribution < -0.4 is 10.6 Å². The standard InChI is InChI=1S/C15H21FN2O/c16-13-6-8-14(9-7-13)17-11-15(19)18-10-12-4-2-1-3-5-12/h6-9,12,17H,1-5,10-11H2,(H,18,19). The zero-order valence-corrected chi connectivity index (χ0v) is 11.1. The van der Waals surface area contributed by atoms with Crippen LogP contribution in [0.5, 0.6) is 0 Å². The first-order valence-corrected chi connectivity index (χ1v) is 7.00. The van der Waals surface area contributed by atoms with E-state index in [0.29, 0.717) is 5.92 Å². The number of carbonyl (C=O) groups is 1. The van der Waals surface area contributed by atoms with E-state index in [1.165, 1.54) is 44.2 Å². The minimum atomic E-state index is -0.271. The first kappa shape index (κ1) is 13.8. The highest BCUT2D eigenvalue weighted by Crippen LogP contribution is 2.22. The van der Waals surface area contributed by atoms with Gasteiger partial charge >= 0.3 is 0 Å². The molecule has 0 aliphatic heterocycles. The van der Waals surface area contributed by atoms with Gasteiger partial charge in [-0.2, -0.15) is 0 Å². The molecule has 2 rings (SSSR count). The monoisotopic (exact) mass is 264 g/mol. The van der Waals surface area contributed by atoms with Crippen LogP contribution in [0, 0.1) is 11.7 Å². The van der Waals surface area contributed by atoms with Crippen molar-refractivity contribution in [1.82, 2.24) is 5.32 Å². The molecule has 1 amide bonds. The summed E-state index contributed by atoms with van der Waals surface area (Å²) in [5, 5.41) is 5.94. The third-order valence-electron chi connectivity index (χ3n) is 3.61. The third-order valence-corrected chi connectivity index (χ3v) is 3.61. The molecule has 1 aliphatic rings. The summed E-state index contributed by atoms with van der Waals surface area (Å²) >= 11 is 0. The summed E-state index contributed by atoms with van der Waals surface area (Å²) in [5.74, 6) is 0.366. The number of hydrogen-bond donors (Lipinski definition) is 2. The van der Waals surface area contributed by atoms with Gasteiger partial charge in [-0.1, -0.05) is 19.3 Å². The van der Waals surface area contributed by atoms with E-state index in [9.17, 15) is 9.18 Å². The Hall–Kier alpha value is -1.58. The van der Waals surface area contributed by atoms with Gasteiger partial charge in [0.2, 0.25) is 5.91 Å². The second-order valence-electron chi connectivity index (χ2n) is 5.17. The van der Waals surface area contributed by atoms with E-state index in [-0.39, 0.29) is 18.3 Å². The van der Waals surface area contributed by atoms with Gasteiger partial charge < -0.3 is 10.6 Å². The van der Waals surface area contributed by atoms with Crippen molar-refractivity contribution >= 4 is 11.6 Å². The normalized spacial score (nSPS) is 16.1. The lowest BCUT2D eigenvalue weighted by atomic mass is 9.89. The molecule has 2 N–H and O–H groups in total. The number of amides is 1. The summed E-state index contributed by atoms with van der Waals surface area (Å²) in [6, 6.07) is 6.01. The van der Waals surface area contributed by atoms with Crippen molar-refractivity contribution in [2.45, 2.75) is 32.1 Å². The fourth-order valence-corrected chi connectivity index (χ4v) is 2.46. The Morgan fingerprint density at radius 2 is 1.84 bits per heavy atom. The van der Waals surface area contributed by atoms with Crippen molar-refractivity contribution in [3.05, 3.63) is 30.1 Å². The number of hydrogen-bond acceptors (Lipinski definition) is 2. The Balaban J connectivity index is 1.65. The summed E-state index contributed by atoms with van der Waals surface area (Å²) in [6.45, 7) is 1.02. The van der Waals surface area contributed by atoms with Crippen LogP contribution >= 0.6 is 0 Å². The second kappa shape index (κ2) is 7.12. The third kappa shape index (κ3) is 4.89. The van der Waals surface area contributed by atoms with E-state index >= 15 is 0 Å². The van der Waals surface area contributed by atoms with Crippen LogP contribution in [-0.2, 0) is 4.79 Å². The van der Waals surface area contributed by atoms with Gasteiger partial charge in [0, 0.05) is 12.2 Å². The zero-order chi connectivity index (χ0) is 13.5. The molecule has 3 nitrogen and oxygen atoms in total. The first-order valence-electron chi connectivity index (χ1n) is 7.00. The van der Waals surface area contributed by atoms with E-state index in [4.69, 9.17) is 0 Å². The summed E-state index contributed by atoms with van der Waals surface area (Å²) in [5.41, 5.74) is 0.759. The summed E-state index contributed by atoms with van der Waals surface area (Å²) in [4.78, 5) is 11.7. The van der Waals surface area contributed by atoms with Crippen molar-refractivity contribution in [3.63, 3.8) is 0 Å². The van der Waals surface area contributed by atoms with Gasteiger partial charge in [0.25, 0.3) is 0 Å². The van der Waals surface area contributed by atoms with Gasteiger partial charge in [0.05, 0.1) is 6.54 Å². The van der Waals surface area contributed by atoms with Crippen molar-refractivity contribution < 1.29 is 9.18 Å². The number of nitrogens with one attached hydrogen (secondary N) is 2. The van der Waals surface area contributed by atoms with E-state index in [0.717, 1.165) is 12.2 Å². The molecule has 0 atom stereocenters. The smallest absolute Gasteiger partial charge is 0.239 e. The molecule has 0 saturated heterocycles. The lowest BCUT2D eigenvalue weighted by Gasteiger charge is -2.21. The Morgan fingerprint density at radius 1 is 1.16 bits per heavy atom. The predicted molar refractivity (Wildman–Crippen MR) is 74.5 cm³/mol. The molecule has 0 heterocycles. The van der Waals surface area contributed by atoms with E-state index < -0.39 is 0 Å². The van der Waals surface area contributed by atoms with Crippen LogP contribution in [0.4, 0.5) is 10.1 Å². The topological polar surface area (TPSA) is 41.1 Å². The van der Waals surface area contributed by atoms with E-state index in [2.05, 4.69) is 10.6 Å². The van der Waals surface area contributed by atoms with Crippen LogP contribution in [0.2, 0.25) is 0 Å². The molecule has 1 aromatic rings. The molecule has 19 heavy (non-hydrogen) atoms. The van der Waals surface area contributed by atoms with Crippen molar-refractivity contribution in [2.75, 3.05) is 18.4 Å². The number of rotatable bonds is 5. The maximum absolute atomic E-state index is 12.7. The van der Waals surface area contributed by atoms with Crippen LogP contribution in [-0.4, -0.2) is 19.0 Å². The summed E-state index contributed by atoms with van der Waals surface area (Å²) in [6.07, 6.45) is 6.36. The molecule has 4 heteroatoms. The van der Waals surface area contributed by atoms with Crippen LogP contribution in [0.15, 0.2) is 24.3 Å². The van der Waals surface area contributed by atoms with Crippen LogP contribution in [0.1, 0.15) is 32.1 Å². The number of carbonyl (C=O) groups excluding carboxylic acids is 1. The fourth-order valence-electron chi connectivity index (χ4n) is 2.46. The largest absolute Gasteiger partial charge is 0.376 e. The molecule has 0 radical (unpaired) electrons. The maximum atomic E-state index is 12.7. The molecule has 1 saturated carbocycles. The Labute approximate surface area is 113 Å². The minimum absolute atomic E-state index is 0.00472. The number of benzene rings is 1. The lowest BCUT2D eigenvalue weighted by molar-refractivity contribution is -0.119. The number of halogens is 1. The molecule has 1 aromatic carbocycles. The SMILES string of the molecule is O=C(CNc1ccc(F)cc1)NCC1CCCCC1. The van der Waals surface area contributed by atoms with Gasteiger partial charge in [-0.25, -0.2) is 4.39 Å². The molecular weight excluding hydrogens is 243 g/mol. The average molecular weight is 264 g/mol. The molecule has 0 spiro atoms. The quantitative estimate of drug-likeness (QED) is 0.858. The molecule has 104 valence electrons. The Morgan fingerprint density at radius 3 is 2.53 bits per heavy atom. The van der Waals surface area contributed by atoms with E-state index in [1.54, 1.807) is 12.1 Å². The molecule has 1 fully saturated rings. The number of anilines is 1. The van der Waals surface area contributed by atoms with Crippen molar-refractivity contribution in [2.24, 2.45) is 5.92 Å². The zero-order valence-electron chi connectivity index (χ0n) is 11.1. The van der Waals surface area contributed by atoms with Crippen LogP contribution in [0.3, 0.4) is 0 Å². The van der Waals surface area contributed by atoms with Gasteiger partial charge in [-0.05, 0) is 43.0 Å². The summed E-state index contributed by atoms with van der Waals surface area (Å²) < 4.78 is 12.7. The molecule has 1 aliphatic carbocycles. The van der Waals surface area contributed by atoms with E-state index in [1.807, 2.05) is 0 Å². The first-order chi connectivity index (χ1) is 9.24. The average Bonchev–Trinajstić information content (AvgIpc) is 2.45. The Kier molecular flexibility index (Phi) is 5.19. The van der Waals surface area contributed by atoms with Crippen molar-refractivity contribution in [1.29, 1.82) is 0 Å². The summed E-state index contributed by atoms with van der Waals surface area (Å²) in [7, 11) is 0. The van der Waals surface area contributed by atoms with Gasteiger partial charge in [0.1, 0.15) is 5.82 Å².